The first-order chi connectivity index (χ1) is 15.3. The summed E-state index contributed by atoms with van der Waals surface area (Å²) in [6.45, 7) is -0.301. The Bertz CT molecular complexity index is 1120. The second kappa shape index (κ2) is 10.5. The van der Waals surface area contributed by atoms with Crippen molar-refractivity contribution in [3.63, 3.8) is 0 Å². The molecule has 0 radical (unpaired) electrons. The highest BCUT2D eigenvalue weighted by Gasteiger charge is 2.30. The molecule has 9 nitrogen and oxygen atoms in total. The first-order valence-electron chi connectivity index (χ1n) is 9.56. The normalized spacial score (nSPS) is 11.7. The molecule has 0 unspecified atom stereocenters. The second-order valence-corrected chi connectivity index (χ2v) is 8.93. The molecule has 0 aliphatic carbocycles. The van der Waals surface area contributed by atoms with Gasteiger partial charge in [0.1, 0.15) is 11.4 Å². The van der Waals surface area contributed by atoms with Crippen molar-refractivity contribution in [2.45, 2.75) is 25.6 Å². The number of nitro groups is 1. The summed E-state index contributed by atoms with van der Waals surface area (Å²) < 4.78 is 68.9. The molecule has 0 heterocycles. The zero-order valence-corrected chi connectivity index (χ0v) is 18.6. The fourth-order valence-corrected chi connectivity index (χ4v) is 3.94. The summed E-state index contributed by atoms with van der Waals surface area (Å²) in [7, 11) is -2.59. The lowest BCUT2D eigenvalue weighted by Crippen LogP contribution is -2.32. The molecule has 0 saturated carbocycles. The lowest BCUT2D eigenvalue weighted by molar-refractivity contribution is -0.384. The number of carbonyl (C=O) groups is 1. The predicted octanol–water partition coefficient (Wildman–Crippen LogP) is 3.48. The van der Waals surface area contributed by atoms with Crippen molar-refractivity contribution in [3.8, 4) is 5.75 Å². The van der Waals surface area contributed by atoms with Gasteiger partial charge in [0.15, 0.2) is 0 Å². The van der Waals surface area contributed by atoms with Gasteiger partial charge in [0, 0.05) is 31.6 Å². The molecule has 33 heavy (non-hydrogen) atoms. The molecule has 0 saturated heterocycles. The standard InChI is InChI=1S/C20H22F3N3O6S/c1-32-18-9-8-16(26(28)29)12-17(18)25(33(2,30)31)10-4-7-19(27)24-13-14-5-3-6-15(11-14)20(21,22)23/h3,5-6,8-9,11-12H,4,7,10,13H2,1-2H3,(H,24,27). The van der Waals surface area contributed by atoms with E-state index in [4.69, 9.17) is 4.74 Å². The van der Waals surface area contributed by atoms with E-state index in [-0.39, 0.29) is 48.6 Å². The number of benzene rings is 2. The third-order valence-corrected chi connectivity index (χ3v) is 5.73. The number of nitrogens with one attached hydrogen (secondary N) is 1. The number of anilines is 1. The van der Waals surface area contributed by atoms with Crippen LogP contribution in [0.5, 0.6) is 5.75 Å². The van der Waals surface area contributed by atoms with Crippen molar-refractivity contribution in [3.05, 3.63) is 63.7 Å². The van der Waals surface area contributed by atoms with Crippen LogP contribution in [-0.2, 0) is 27.5 Å². The van der Waals surface area contributed by atoms with E-state index >= 15 is 0 Å². The predicted molar refractivity (Wildman–Crippen MR) is 114 cm³/mol. The van der Waals surface area contributed by atoms with Gasteiger partial charge in [0.05, 0.1) is 23.9 Å². The van der Waals surface area contributed by atoms with Crippen molar-refractivity contribution in [1.29, 1.82) is 0 Å². The summed E-state index contributed by atoms with van der Waals surface area (Å²) in [4.78, 5) is 22.5. The van der Waals surface area contributed by atoms with Crippen LogP contribution in [0.2, 0.25) is 0 Å². The molecule has 0 aromatic heterocycles. The Labute approximate surface area is 188 Å². The van der Waals surface area contributed by atoms with Crippen LogP contribution in [0.4, 0.5) is 24.5 Å². The summed E-state index contributed by atoms with van der Waals surface area (Å²) in [6.07, 6.45) is -3.66. The van der Waals surface area contributed by atoms with Crippen molar-refractivity contribution in [2.75, 3.05) is 24.2 Å². The summed E-state index contributed by atoms with van der Waals surface area (Å²) in [5, 5.41) is 13.6. The molecule has 2 rings (SSSR count). The molecule has 0 bridgehead atoms. The number of sulfonamides is 1. The third kappa shape index (κ3) is 7.34. The molecule has 0 fully saturated rings. The highest BCUT2D eigenvalue weighted by atomic mass is 32.2. The lowest BCUT2D eigenvalue weighted by Gasteiger charge is -2.24. The Hall–Kier alpha value is -3.35. The van der Waals surface area contributed by atoms with E-state index in [0.717, 1.165) is 28.8 Å². The fourth-order valence-electron chi connectivity index (χ4n) is 2.98. The van der Waals surface area contributed by atoms with E-state index in [2.05, 4.69) is 5.32 Å². The molecule has 180 valence electrons. The Morgan fingerprint density at radius 2 is 1.91 bits per heavy atom. The molecular weight excluding hydrogens is 467 g/mol. The van der Waals surface area contributed by atoms with Crippen LogP contribution in [0.1, 0.15) is 24.0 Å². The van der Waals surface area contributed by atoms with Crippen molar-refractivity contribution >= 4 is 27.3 Å². The number of non-ortho nitro benzene ring substituents is 1. The zero-order chi connectivity index (χ0) is 24.8. The third-order valence-electron chi connectivity index (χ3n) is 4.55. The Morgan fingerprint density at radius 3 is 2.48 bits per heavy atom. The number of amides is 1. The molecule has 1 amide bonds. The number of nitro benzene ring substituents is 1. The van der Waals surface area contributed by atoms with Crippen LogP contribution < -0.4 is 14.4 Å². The zero-order valence-electron chi connectivity index (χ0n) is 17.8. The summed E-state index contributed by atoms with van der Waals surface area (Å²) in [5.74, 6) is -0.396. The lowest BCUT2D eigenvalue weighted by atomic mass is 10.1. The monoisotopic (exact) mass is 489 g/mol. The number of methoxy groups -OCH3 is 1. The van der Waals surface area contributed by atoms with Gasteiger partial charge in [-0.3, -0.25) is 19.2 Å². The van der Waals surface area contributed by atoms with E-state index < -0.39 is 32.6 Å². The van der Waals surface area contributed by atoms with Gasteiger partial charge in [-0.15, -0.1) is 0 Å². The maximum atomic E-state index is 12.8. The molecule has 0 aliphatic heterocycles. The van der Waals surface area contributed by atoms with Gasteiger partial charge < -0.3 is 10.1 Å². The minimum absolute atomic E-state index is 0.0430. The van der Waals surface area contributed by atoms with Gasteiger partial charge in [-0.2, -0.15) is 13.2 Å². The second-order valence-electron chi connectivity index (χ2n) is 7.03. The molecule has 2 aromatic carbocycles. The largest absolute Gasteiger partial charge is 0.495 e. The Kier molecular flexibility index (Phi) is 8.25. The van der Waals surface area contributed by atoms with Crippen LogP contribution in [0.25, 0.3) is 0 Å². The van der Waals surface area contributed by atoms with Gasteiger partial charge in [-0.1, -0.05) is 12.1 Å². The molecule has 13 heteroatoms. The van der Waals surface area contributed by atoms with Gasteiger partial charge in [-0.25, -0.2) is 8.42 Å². The highest BCUT2D eigenvalue weighted by Crippen LogP contribution is 2.34. The fraction of sp³-hybridized carbons (Fsp3) is 0.350. The van der Waals surface area contributed by atoms with Crippen LogP contribution in [0, 0.1) is 10.1 Å². The van der Waals surface area contributed by atoms with E-state index in [9.17, 15) is 36.5 Å². The average Bonchev–Trinajstić information content (AvgIpc) is 2.73. The molecule has 1 N–H and O–H groups in total. The van der Waals surface area contributed by atoms with E-state index in [1.807, 2.05) is 0 Å². The first kappa shape index (κ1) is 25.9. The number of nitrogens with zero attached hydrogens (tertiary/aromatic N) is 2. The highest BCUT2D eigenvalue weighted by molar-refractivity contribution is 7.92. The molecule has 0 spiro atoms. The first-order valence-corrected chi connectivity index (χ1v) is 11.4. The molecule has 2 aromatic rings. The Balaban J connectivity index is 2.04. The number of halogens is 3. The summed E-state index contributed by atoms with van der Waals surface area (Å²) in [6, 6.07) is 8.04. The van der Waals surface area contributed by atoms with Crippen LogP contribution in [-0.4, -0.2) is 39.2 Å². The van der Waals surface area contributed by atoms with Crippen molar-refractivity contribution in [1.82, 2.24) is 5.32 Å². The number of hydrogen-bond donors (Lipinski definition) is 1. The summed E-state index contributed by atoms with van der Waals surface area (Å²) >= 11 is 0. The molecular formula is C20H22F3N3O6S. The van der Waals surface area contributed by atoms with Crippen LogP contribution in [0.15, 0.2) is 42.5 Å². The maximum absolute atomic E-state index is 12.8. The maximum Gasteiger partial charge on any atom is 0.416 e. The number of rotatable bonds is 10. The minimum Gasteiger partial charge on any atom is -0.495 e. The van der Waals surface area contributed by atoms with Gasteiger partial charge in [-0.05, 0) is 30.2 Å². The number of hydrogen-bond acceptors (Lipinski definition) is 6. The van der Waals surface area contributed by atoms with Crippen LogP contribution in [0.3, 0.4) is 0 Å². The SMILES string of the molecule is COc1ccc([N+](=O)[O-])cc1N(CCCC(=O)NCc1cccc(C(F)(F)F)c1)S(C)(=O)=O. The molecule has 0 aliphatic rings. The van der Waals surface area contributed by atoms with E-state index in [1.54, 1.807) is 0 Å². The van der Waals surface area contributed by atoms with Crippen molar-refractivity contribution < 1.29 is 36.0 Å². The average molecular weight is 489 g/mol. The minimum atomic E-state index is -4.50. The van der Waals surface area contributed by atoms with Gasteiger partial charge in [0.25, 0.3) is 5.69 Å². The van der Waals surface area contributed by atoms with E-state index in [1.165, 1.54) is 31.4 Å². The van der Waals surface area contributed by atoms with Gasteiger partial charge >= 0.3 is 6.18 Å². The molecule has 0 atom stereocenters. The van der Waals surface area contributed by atoms with Gasteiger partial charge in [0.2, 0.25) is 15.9 Å². The van der Waals surface area contributed by atoms with E-state index in [0.29, 0.717) is 0 Å². The Morgan fingerprint density at radius 1 is 1.21 bits per heavy atom. The topological polar surface area (TPSA) is 119 Å². The van der Waals surface area contributed by atoms with Crippen molar-refractivity contribution in [2.24, 2.45) is 0 Å². The number of ether oxygens (including phenoxy) is 1. The summed E-state index contributed by atoms with van der Waals surface area (Å²) in [5.41, 5.74) is -0.946. The smallest absolute Gasteiger partial charge is 0.416 e. The number of alkyl halides is 3. The quantitative estimate of drug-likeness (QED) is 0.403. The number of carbonyl (C=O) groups excluding carboxylic acids is 1. The van der Waals surface area contributed by atoms with Crippen LogP contribution >= 0.6 is 0 Å².